The van der Waals surface area contributed by atoms with Crippen LogP contribution < -0.4 is 4.74 Å². The summed E-state index contributed by atoms with van der Waals surface area (Å²) in [6, 6.07) is 8.14. The van der Waals surface area contributed by atoms with Gasteiger partial charge in [0.1, 0.15) is 5.75 Å². The van der Waals surface area contributed by atoms with E-state index in [1.165, 1.54) is 31.2 Å². The van der Waals surface area contributed by atoms with Crippen molar-refractivity contribution in [2.24, 2.45) is 5.41 Å². The average Bonchev–Trinajstić information content (AvgIpc) is 2.85. The van der Waals surface area contributed by atoms with Crippen LogP contribution in [-0.4, -0.2) is 18.3 Å². The van der Waals surface area contributed by atoms with Gasteiger partial charge in [0.15, 0.2) is 0 Å². The van der Waals surface area contributed by atoms with Crippen LogP contribution in [0.2, 0.25) is 0 Å². The molecule has 2 rings (SSSR count). The molecule has 0 saturated heterocycles. The second-order valence-corrected chi connectivity index (χ2v) is 5.76. The van der Waals surface area contributed by atoms with Crippen molar-refractivity contribution in [3.05, 3.63) is 29.8 Å². The fraction of sp³-hybridized carbons (Fsp3) is 0.625. The summed E-state index contributed by atoms with van der Waals surface area (Å²) in [5.41, 5.74) is 1.43. The molecule has 0 heterocycles. The molecule has 1 atom stereocenters. The van der Waals surface area contributed by atoms with Crippen LogP contribution in [0.5, 0.6) is 5.75 Å². The van der Waals surface area contributed by atoms with Gasteiger partial charge in [-0.15, -0.1) is 0 Å². The van der Waals surface area contributed by atoms with Gasteiger partial charge in [-0.25, -0.2) is 0 Å². The Labute approximate surface area is 110 Å². The number of rotatable bonds is 5. The van der Waals surface area contributed by atoms with Gasteiger partial charge in [-0.05, 0) is 48.8 Å². The largest absolute Gasteiger partial charge is 0.497 e. The topological polar surface area (TPSA) is 29.5 Å². The number of ether oxygens (including phenoxy) is 1. The first-order valence-corrected chi connectivity index (χ1v) is 6.95. The molecular weight excluding hydrogens is 224 g/mol. The summed E-state index contributed by atoms with van der Waals surface area (Å²) in [7, 11) is 1.68. The second-order valence-electron chi connectivity index (χ2n) is 5.76. The average molecular weight is 248 g/mol. The molecule has 1 aromatic rings. The molecule has 18 heavy (non-hydrogen) atoms. The summed E-state index contributed by atoms with van der Waals surface area (Å²) in [4.78, 5) is 0. The van der Waals surface area contributed by atoms with E-state index >= 15 is 0 Å². The van der Waals surface area contributed by atoms with Crippen LogP contribution >= 0.6 is 0 Å². The minimum absolute atomic E-state index is 0.159. The van der Waals surface area contributed by atoms with Gasteiger partial charge in [-0.2, -0.15) is 0 Å². The van der Waals surface area contributed by atoms with E-state index in [2.05, 4.69) is 19.1 Å². The fourth-order valence-corrected chi connectivity index (χ4v) is 2.96. The second kappa shape index (κ2) is 5.75. The first-order chi connectivity index (χ1) is 8.64. The van der Waals surface area contributed by atoms with E-state index in [0.29, 0.717) is 0 Å². The van der Waals surface area contributed by atoms with E-state index in [1.54, 1.807) is 7.11 Å². The Morgan fingerprint density at radius 1 is 1.22 bits per heavy atom. The standard InChI is InChI=1S/C16H24O2/c1-16(11-3-4-12-16)15(17)10-7-13-5-8-14(18-2)9-6-13/h5-6,8-9,15,17H,3-4,7,10-12H2,1-2H3. The quantitative estimate of drug-likeness (QED) is 0.863. The lowest BCUT2D eigenvalue weighted by Gasteiger charge is -2.30. The van der Waals surface area contributed by atoms with Crippen molar-refractivity contribution in [2.45, 2.75) is 51.6 Å². The predicted molar refractivity (Wildman–Crippen MR) is 73.9 cm³/mol. The van der Waals surface area contributed by atoms with Crippen LogP contribution in [-0.2, 0) is 6.42 Å². The van der Waals surface area contributed by atoms with Crippen molar-refractivity contribution in [1.29, 1.82) is 0 Å². The highest BCUT2D eigenvalue weighted by molar-refractivity contribution is 5.27. The van der Waals surface area contributed by atoms with Crippen LogP contribution in [0.4, 0.5) is 0 Å². The minimum atomic E-state index is -0.165. The highest BCUT2D eigenvalue weighted by atomic mass is 16.5. The molecule has 1 N–H and O–H groups in total. The van der Waals surface area contributed by atoms with Crippen LogP contribution in [0.1, 0.15) is 44.6 Å². The molecule has 0 bridgehead atoms. The molecule has 100 valence electrons. The van der Waals surface area contributed by atoms with Gasteiger partial charge in [0, 0.05) is 0 Å². The fourth-order valence-electron chi connectivity index (χ4n) is 2.96. The maximum Gasteiger partial charge on any atom is 0.118 e. The summed E-state index contributed by atoms with van der Waals surface area (Å²) in [5.74, 6) is 0.891. The molecule has 0 spiro atoms. The van der Waals surface area contributed by atoms with Crippen molar-refractivity contribution in [3.8, 4) is 5.75 Å². The zero-order chi connectivity index (χ0) is 13.0. The summed E-state index contributed by atoms with van der Waals surface area (Å²) >= 11 is 0. The Morgan fingerprint density at radius 3 is 2.39 bits per heavy atom. The van der Waals surface area contributed by atoms with E-state index in [4.69, 9.17) is 4.74 Å². The molecule has 2 heteroatoms. The number of hydrogen-bond acceptors (Lipinski definition) is 2. The Bertz CT molecular complexity index is 363. The number of aryl methyl sites for hydroxylation is 1. The lowest BCUT2D eigenvalue weighted by Crippen LogP contribution is -2.29. The number of methoxy groups -OCH3 is 1. The first-order valence-electron chi connectivity index (χ1n) is 6.95. The summed E-state index contributed by atoms with van der Waals surface area (Å²) in [5, 5.41) is 10.3. The van der Waals surface area contributed by atoms with E-state index < -0.39 is 0 Å². The van der Waals surface area contributed by atoms with Gasteiger partial charge in [-0.1, -0.05) is 31.9 Å². The van der Waals surface area contributed by atoms with Crippen LogP contribution in [0.15, 0.2) is 24.3 Å². The molecule has 0 aliphatic heterocycles. The highest BCUT2D eigenvalue weighted by Crippen LogP contribution is 2.41. The van der Waals surface area contributed by atoms with Crippen molar-refractivity contribution < 1.29 is 9.84 Å². The number of hydrogen-bond donors (Lipinski definition) is 1. The monoisotopic (exact) mass is 248 g/mol. The van der Waals surface area contributed by atoms with Gasteiger partial charge in [0.25, 0.3) is 0 Å². The summed E-state index contributed by atoms with van der Waals surface area (Å²) in [6.07, 6.45) is 6.55. The molecule has 1 unspecified atom stereocenters. The molecule has 0 amide bonds. The highest BCUT2D eigenvalue weighted by Gasteiger charge is 2.35. The van der Waals surface area contributed by atoms with Crippen molar-refractivity contribution in [3.63, 3.8) is 0 Å². The zero-order valence-corrected chi connectivity index (χ0v) is 11.5. The van der Waals surface area contributed by atoms with E-state index in [-0.39, 0.29) is 11.5 Å². The maximum atomic E-state index is 10.3. The minimum Gasteiger partial charge on any atom is -0.497 e. The first kappa shape index (κ1) is 13.4. The van der Waals surface area contributed by atoms with Gasteiger partial charge in [-0.3, -0.25) is 0 Å². The van der Waals surface area contributed by atoms with Gasteiger partial charge >= 0.3 is 0 Å². The lowest BCUT2D eigenvalue weighted by atomic mass is 9.80. The molecule has 1 aromatic carbocycles. The number of benzene rings is 1. The lowest BCUT2D eigenvalue weighted by molar-refractivity contribution is 0.0354. The Kier molecular flexibility index (Phi) is 4.28. The Morgan fingerprint density at radius 2 is 1.83 bits per heavy atom. The van der Waals surface area contributed by atoms with Crippen molar-refractivity contribution >= 4 is 0 Å². The van der Waals surface area contributed by atoms with E-state index in [1.807, 2.05) is 12.1 Å². The van der Waals surface area contributed by atoms with E-state index in [9.17, 15) is 5.11 Å². The van der Waals surface area contributed by atoms with Crippen molar-refractivity contribution in [1.82, 2.24) is 0 Å². The number of aliphatic hydroxyl groups is 1. The number of aliphatic hydroxyl groups excluding tert-OH is 1. The summed E-state index contributed by atoms with van der Waals surface area (Å²) in [6.45, 7) is 2.23. The van der Waals surface area contributed by atoms with Gasteiger partial charge < -0.3 is 9.84 Å². The maximum absolute atomic E-state index is 10.3. The third kappa shape index (κ3) is 3.05. The van der Waals surface area contributed by atoms with Gasteiger partial charge in [0.2, 0.25) is 0 Å². The van der Waals surface area contributed by atoms with Crippen LogP contribution in [0.3, 0.4) is 0 Å². The van der Waals surface area contributed by atoms with Crippen LogP contribution in [0, 0.1) is 5.41 Å². The molecule has 0 aromatic heterocycles. The van der Waals surface area contributed by atoms with Crippen molar-refractivity contribution in [2.75, 3.05) is 7.11 Å². The molecule has 1 fully saturated rings. The molecule has 1 aliphatic carbocycles. The normalized spacial score (nSPS) is 19.7. The van der Waals surface area contributed by atoms with Gasteiger partial charge in [0.05, 0.1) is 13.2 Å². The molecule has 1 aliphatic rings. The Balaban J connectivity index is 1.86. The smallest absolute Gasteiger partial charge is 0.118 e. The molecule has 2 nitrogen and oxygen atoms in total. The molecule has 1 saturated carbocycles. The predicted octanol–water partition coefficient (Wildman–Crippen LogP) is 3.57. The summed E-state index contributed by atoms with van der Waals surface area (Å²) < 4.78 is 5.14. The third-order valence-corrected chi connectivity index (χ3v) is 4.42. The van der Waals surface area contributed by atoms with E-state index in [0.717, 1.165) is 18.6 Å². The zero-order valence-electron chi connectivity index (χ0n) is 11.5. The Hall–Kier alpha value is -1.02. The molecular formula is C16H24O2. The SMILES string of the molecule is COc1ccc(CCC(O)C2(C)CCCC2)cc1. The third-order valence-electron chi connectivity index (χ3n) is 4.42. The molecule has 0 radical (unpaired) electrons. The van der Waals surface area contributed by atoms with Crippen LogP contribution in [0.25, 0.3) is 0 Å².